The molecular weight excluding hydrogens is 252 g/mol. The Bertz CT molecular complexity index is 444. The zero-order valence-corrected chi connectivity index (χ0v) is 12.3. The summed E-state index contributed by atoms with van der Waals surface area (Å²) in [5.74, 6) is 0.218. The number of nitrogens with zero attached hydrogens (tertiary/aromatic N) is 1. The molecule has 1 aromatic carbocycles. The minimum atomic E-state index is -0.293. The summed E-state index contributed by atoms with van der Waals surface area (Å²) in [6, 6.07) is 8.31. The first-order chi connectivity index (χ1) is 9.61. The molecule has 0 aromatic heterocycles. The van der Waals surface area contributed by atoms with Gasteiger partial charge in [0.15, 0.2) is 0 Å². The van der Waals surface area contributed by atoms with Crippen molar-refractivity contribution >= 4 is 11.6 Å². The molecule has 0 aliphatic carbocycles. The molecule has 1 fully saturated rings. The van der Waals surface area contributed by atoms with Crippen LogP contribution in [0.1, 0.15) is 44.7 Å². The van der Waals surface area contributed by atoms with Crippen LogP contribution in [0.25, 0.3) is 0 Å². The Morgan fingerprint density at radius 2 is 2.05 bits per heavy atom. The molecule has 2 atom stereocenters. The third-order valence-corrected chi connectivity index (χ3v) is 3.91. The number of benzene rings is 1. The van der Waals surface area contributed by atoms with Gasteiger partial charge in [-0.05, 0) is 37.5 Å². The third-order valence-electron chi connectivity index (χ3n) is 3.91. The van der Waals surface area contributed by atoms with E-state index in [0.29, 0.717) is 13.0 Å². The van der Waals surface area contributed by atoms with E-state index in [1.807, 2.05) is 24.0 Å². The summed E-state index contributed by atoms with van der Waals surface area (Å²) in [7, 11) is 0. The van der Waals surface area contributed by atoms with Crippen LogP contribution in [0.3, 0.4) is 0 Å². The smallest absolute Gasteiger partial charge is 0.227 e. The Morgan fingerprint density at radius 3 is 2.60 bits per heavy atom. The molecule has 0 radical (unpaired) electrons. The number of nitrogens with one attached hydrogen (secondary N) is 1. The zero-order valence-electron chi connectivity index (χ0n) is 12.3. The van der Waals surface area contributed by atoms with Gasteiger partial charge in [-0.2, -0.15) is 0 Å². The SMILES string of the molecule is CC[C@@H](O)CN[C@@H](C)c1ccc(N2CCCC2=O)cc1. The first-order valence-corrected chi connectivity index (χ1v) is 7.43. The molecule has 0 spiro atoms. The van der Waals surface area contributed by atoms with Crippen LogP contribution in [0.2, 0.25) is 0 Å². The highest BCUT2D eigenvalue weighted by Crippen LogP contribution is 2.23. The molecule has 110 valence electrons. The van der Waals surface area contributed by atoms with Crippen molar-refractivity contribution in [2.45, 2.75) is 45.3 Å². The summed E-state index contributed by atoms with van der Waals surface area (Å²) >= 11 is 0. The van der Waals surface area contributed by atoms with Crippen molar-refractivity contribution in [2.75, 3.05) is 18.0 Å². The van der Waals surface area contributed by atoms with Gasteiger partial charge in [-0.15, -0.1) is 0 Å². The molecule has 4 heteroatoms. The van der Waals surface area contributed by atoms with Crippen molar-refractivity contribution < 1.29 is 9.90 Å². The normalized spacial score (nSPS) is 18.4. The average Bonchev–Trinajstić information content (AvgIpc) is 2.90. The number of rotatable bonds is 6. The van der Waals surface area contributed by atoms with Crippen molar-refractivity contribution in [1.29, 1.82) is 0 Å². The van der Waals surface area contributed by atoms with Gasteiger partial charge in [0.1, 0.15) is 0 Å². The van der Waals surface area contributed by atoms with Gasteiger partial charge in [0.05, 0.1) is 6.10 Å². The summed E-state index contributed by atoms with van der Waals surface area (Å²) in [6.07, 6.45) is 2.08. The highest BCUT2D eigenvalue weighted by molar-refractivity contribution is 5.95. The minimum Gasteiger partial charge on any atom is -0.392 e. The lowest BCUT2D eigenvalue weighted by molar-refractivity contribution is -0.117. The molecule has 2 N–H and O–H groups in total. The molecule has 4 nitrogen and oxygen atoms in total. The van der Waals surface area contributed by atoms with E-state index in [-0.39, 0.29) is 18.1 Å². The van der Waals surface area contributed by atoms with Crippen LogP contribution in [-0.4, -0.2) is 30.2 Å². The Balaban J connectivity index is 1.95. The third kappa shape index (κ3) is 3.58. The molecule has 1 aliphatic heterocycles. The summed E-state index contributed by atoms with van der Waals surface area (Å²) in [5.41, 5.74) is 2.15. The van der Waals surface area contributed by atoms with E-state index in [4.69, 9.17) is 0 Å². The molecule has 1 aliphatic rings. The standard InChI is InChI=1S/C16H24N2O2/c1-3-15(19)11-17-12(2)13-6-8-14(9-7-13)18-10-4-5-16(18)20/h6-9,12,15,17,19H,3-5,10-11H2,1-2H3/t12-,15+/m0/s1. The Kier molecular flexibility index (Phi) is 5.15. The number of hydrogen-bond acceptors (Lipinski definition) is 3. The van der Waals surface area contributed by atoms with Crippen LogP contribution in [0, 0.1) is 0 Å². The van der Waals surface area contributed by atoms with E-state index in [2.05, 4.69) is 24.4 Å². The van der Waals surface area contributed by atoms with Gasteiger partial charge < -0.3 is 15.3 Å². The Labute approximate surface area is 120 Å². The lowest BCUT2D eigenvalue weighted by Crippen LogP contribution is -2.28. The van der Waals surface area contributed by atoms with E-state index in [9.17, 15) is 9.90 Å². The second-order valence-electron chi connectivity index (χ2n) is 5.43. The molecule has 1 saturated heterocycles. The van der Waals surface area contributed by atoms with Crippen molar-refractivity contribution in [3.63, 3.8) is 0 Å². The fourth-order valence-corrected chi connectivity index (χ4v) is 2.44. The van der Waals surface area contributed by atoms with E-state index in [1.165, 1.54) is 5.56 Å². The Hall–Kier alpha value is -1.39. The van der Waals surface area contributed by atoms with Crippen LogP contribution in [0.15, 0.2) is 24.3 Å². The first-order valence-electron chi connectivity index (χ1n) is 7.43. The van der Waals surface area contributed by atoms with Crippen molar-refractivity contribution in [2.24, 2.45) is 0 Å². The van der Waals surface area contributed by atoms with E-state index < -0.39 is 0 Å². The van der Waals surface area contributed by atoms with Crippen molar-refractivity contribution in [1.82, 2.24) is 5.32 Å². The highest BCUT2D eigenvalue weighted by atomic mass is 16.3. The molecule has 1 amide bonds. The fourth-order valence-electron chi connectivity index (χ4n) is 2.44. The molecule has 2 rings (SSSR count). The van der Waals surface area contributed by atoms with Gasteiger partial charge in [0.2, 0.25) is 5.91 Å². The molecule has 0 unspecified atom stereocenters. The largest absolute Gasteiger partial charge is 0.392 e. The highest BCUT2D eigenvalue weighted by Gasteiger charge is 2.21. The summed E-state index contributed by atoms with van der Waals surface area (Å²) in [5, 5.41) is 12.9. The molecule has 20 heavy (non-hydrogen) atoms. The fraction of sp³-hybridized carbons (Fsp3) is 0.562. The number of anilines is 1. The maximum absolute atomic E-state index is 11.7. The topological polar surface area (TPSA) is 52.6 Å². The minimum absolute atomic E-state index is 0.194. The second kappa shape index (κ2) is 6.86. The predicted molar refractivity (Wildman–Crippen MR) is 80.7 cm³/mol. The number of amides is 1. The van der Waals surface area contributed by atoms with Crippen molar-refractivity contribution in [3.05, 3.63) is 29.8 Å². The molecule has 1 aromatic rings. The zero-order chi connectivity index (χ0) is 14.5. The van der Waals surface area contributed by atoms with Crippen LogP contribution in [0.5, 0.6) is 0 Å². The number of aliphatic hydroxyl groups excluding tert-OH is 1. The number of hydrogen-bond donors (Lipinski definition) is 2. The molecule has 0 bridgehead atoms. The predicted octanol–water partition coefficient (Wildman–Crippen LogP) is 2.23. The maximum atomic E-state index is 11.7. The quantitative estimate of drug-likeness (QED) is 0.838. The first kappa shape index (κ1) is 15.0. The lowest BCUT2D eigenvalue weighted by atomic mass is 10.1. The molecular formula is C16H24N2O2. The van der Waals surface area contributed by atoms with E-state index in [0.717, 1.165) is 25.1 Å². The van der Waals surface area contributed by atoms with Crippen LogP contribution in [-0.2, 0) is 4.79 Å². The Morgan fingerprint density at radius 1 is 1.35 bits per heavy atom. The average molecular weight is 276 g/mol. The van der Waals surface area contributed by atoms with Crippen LogP contribution >= 0.6 is 0 Å². The number of carbonyl (C=O) groups is 1. The van der Waals surface area contributed by atoms with Gasteiger partial charge in [-0.3, -0.25) is 4.79 Å². The number of aliphatic hydroxyl groups is 1. The molecule has 1 heterocycles. The van der Waals surface area contributed by atoms with Crippen LogP contribution < -0.4 is 10.2 Å². The van der Waals surface area contributed by atoms with Gasteiger partial charge in [0.25, 0.3) is 0 Å². The second-order valence-corrected chi connectivity index (χ2v) is 5.43. The van der Waals surface area contributed by atoms with Gasteiger partial charge >= 0.3 is 0 Å². The monoisotopic (exact) mass is 276 g/mol. The number of carbonyl (C=O) groups excluding carboxylic acids is 1. The summed E-state index contributed by atoms with van der Waals surface area (Å²) < 4.78 is 0. The van der Waals surface area contributed by atoms with Crippen molar-refractivity contribution in [3.8, 4) is 0 Å². The molecule has 0 saturated carbocycles. The van der Waals surface area contributed by atoms with Gasteiger partial charge in [0, 0.05) is 31.2 Å². The summed E-state index contributed by atoms with van der Waals surface area (Å²) in [4.78, 5) is 13.5. The van der Waals surface area contributed by atoms with Crippen LogP contribution in [0.4, 0.5) is 5.69 Å². The maximum Gasteiger partial charge on any atom is 0.227 e. The van der Waals surface area contributed by atoms with E-state index in [1.54, 1.807) is 0 Å². The lowest BCUT2D eigenvalue weighted by Gasteiger charge is -2.19. The summed E-state index contributed by atoms with van der Waals surface area (Å²) in [6.45, 7) is 5.48. The van der Waals surface area contributed by atoms with Gasteiger partial charge in [-0.25, -0.2) is 0 Å². The van der Waals surface area contributed by atoms with E-state index >= 15 is 0 Å². The van der Waals surface area contributed by atoms with Gasteiger partial charge in [-0.1, -0.05) is 19.1 Å².